The minimum absolute atomic E-state index is 0.0866. The van der Waals surface area contributed by atoms with E-state index in [9.17, 15) is 0 Å². The summed E-state index contributed by atoms with van der Waals surface area (Å²) in [6, 6.07) is 8.44. The van der Waals surface area contributed by atoms with Gasteiger partial charge >= 0.3 is 0 Å². The molecule has 2 rings (SSSR count). The number of rotatable bonds is 7. The molecule has 1 N–H and O–H groups in total. The maximum atomic E-state index is 5.54. The van der Waals surface area contributed by atoms with Crippen LogP contribution in [0.1, 0.15) is 31.4 Å². The zero-order valence-corrected chi connectivity index (χ0v) is 11.7. The van der Waals surface area contributed by atoms with Gasteiger partial charge in [-0.15, -0.1) is 0 Å². The lowest BCUT2D eigenvalue weighted by Gasteiger charge is -2.22. The average molecular weight is 265 g/mol. The minimum atomic E-state index is -0.0866. The molecule has 0 saturated carbocycles. The van der Waals surface area contributed by atoms with Gasteiger partial charge in [-0.25, -0.2) is 0 Å². The van der Waals surface area contributed by atoms with E-state index in [1.165, 1.54) is 5.56 Å². The van der Waals surface area contributed by atoms with Gasteiger partial charge in [-0.05, 0) is 30.7 Å². The topological polar surface area (TPSA) is 39.7 Å². The van der Waals surface area contributed by atoms with Crippen LogP contribution in [0.4, 0.5) is 0 Å². The van der Waals surface area contributed by atoms with E-state index in [2.05, 4.69) is 24.4 Å². The number of ether oxygens (including phenoxy) is 3. The third kappa shape index (κ3) is 4.20. The van der Waals surface area contributed by atoms with Crippen LogP contribution in [0.2, 0.25) is 0 Å². The van der Waals surface area contributed by atoms with E-state index in [4.69, 9.17) is 14.2 Å². The number of hydrogen-bond acceptors (Lipinski definition) is 4. The van der Waals surface area contributed by atoms with E-state index in [0.29, 0.717) is 13.2 Å². The highest BCUT2D eigenvalue weighted by molar-refractivity contribution is 5.29. The van der Waals surface area contributed by atoms with Gasteiger partial charge < -0.3 is 19.5 Å². The first-order chi connectivity index (χ1) is 9.33. The lowest BCUT2D eigenvalue weighted by atomic mass is 10.0. The molecule has 0 radical (unpaired) electrons. The second-order valence-corrected chi connectivity index (χ2v) is 4.69. The molecular formula is C15H23NO3. The van der Waals surface area contributed by atoms with E-state index in [0.717, 1.165) is 25.1 Å². The van der Waals surface area contributed by atoms with E-state index < -0.39 is 0 Å². The highest BCUT2D eigenvalue weighted by Gasteiger charge is 2.22. The third-order valence-electron chi connectivity index (χ3n) is 3.28. The largest absolute Gasteiger partial charge is 0.497 e. The van der Waals surface area contributed by atoms with Crippen LogP contribution < -0.4 is 10.1 Å². The normalized spacial score (nSPS) is 17.6. The Kier molecular flexibility index (Phi) is 5.63. The van der Waals surface area contributed by atoms with Crippen molar-refractivity contribution < 1.29 is 14.2 Å². The van der Waals surface area contributed by atoms with Crippen LogP contribution in [0.5, 0.6) is 5.75 Å². The van der Waals surface area contributed by atoms with Crippen LogP contribution >= 0.6 is 0 Å². The van der Waals surface area contributed by atoms with E-state index in [1.54, 1.807) is 7.11 Å². The standard InChI is InChI=1S/C15H23NO3/c1-3-8-16-14(11-15-18-9-10-19-15)12-4-6-13(17-2)7-5-12/h4-7,14-16H,3,8-11H2,1-2H3. The molecule has 106 valence electrons. The van der Waals surface area contributed by atoms with Crippen molar-refractivity contribution in [1.82, 2.24) is 5.32 Å². The first-order valence-corrected chi connectivity index (χ1v) is 6.94. The van der Waals surface area contributed by atoms with Crippen LogP contribution in [0.25, 0.3) is 0 Å². The molecule has 0 spiro atoms. The van der Waals surface area contributed by atoms with Gasteiger partial charge in [-0.1, -0.05) is 19.1 Å². The first-order valence-electron chi connectivity index (χ1n) is 6.94. The summed E-state index contributed by atoms with van der Waals surface area (Å²) in [4.78, 5) is 0. The van der Waals surface area contributed by atoms with Crippen molar-refractivity contribution in [1.29, 1.82) is 0 Å². The fourth-order valence-corrected chi connectivity index (χ4v) is 2.23. The van der Waals surface area contributed by atoms with Gasteiger partial charge in [-0.3, -0.25) is 0 Å². The summed E-state index contributed by atoms with van der Waals surface area (Å²) in [7, 11) is 1.68. The number of hydrogen-bond donors (Lipinski definition) is 1. The molecule has 1 atom stereocenters. The molecule has 4 heteroatoms. The second-order valence-electron chi connectivity index (χ2n) is 4.69. The van der Waals surface area contributed by atoms with Crippen LogP contribution in [0.15, 0.2) is 24.3 Å². The molecule has 1 unspecified atom stereocenters. The van der Waals surface area contributed by atoms with Gasteiger partial charge in [0.15, 0.2) is 6.29 Å². The zero-order chi connectivity index (χ0) is 13.5. The third-order valence-corrected chi connectivity index (χ3v) is 3.28. The summed E-state index contributed by atoms with van der Waals surface area (Å²) < 4.78 is 16.3. The lowest BCUT2D eigenvalue weighted by molar-refractivity contribution is -0.0530. The maximum absolute atomic E-state index is 5.54. The Morgan fingerprint density at radius 2 is 1.95 bits per heavy atom. The highest BCUT2D eigenvalue weighted by atomic mass is 16.7. The van der Waals surface area contributed by atoms with E-state index in [1.807, 2.05) is 12.1 Å². The summed E-state index contributed by atoms with van der Waals surface area (Å²) in [5.41, 5.74) is 1.24. The predicted octanol–water partition coefficient (Wildman–Crippen LogP) is 2.50. The molecule has 19 heavy (non-hydrogen) atoms. The number of methoxy groups -OCH3 is 1. The average Bonchev–Trinajstić information content (AvgIpc) is 2.96. The Morgan fingerprint density at radius 1 is 1.26 bits per heavy atom. The van der Waals surface area contributed by atoms with Crippen molar-refractivity contribution in [2.75, 3.05) is 26.9 Å². The molecule has 1 aromatic rings. The van der Waals surface area contributed by atoms with E-state index in [-0.39, 0.29) is 12.3 Å². The van der Waals surface area contributed by atoms with Crippen LogP contribution in [0, 0.1) is 0 Å². The smallest absolute Gasteiger partial charge is 0.159 e. The fourth-order valence-electron chi connectivity index (χ4n) is 2.23. The van der Waals surface area contributed by atoms with E-state index >= 15 is 0 Å². The molecule has 0 aromatic heterocycles. The molecule has 1 heterocycles. The quantitative estimate of drug-likeness (QED) is 0.822. The summed E-state index contributed by atoms with van der Waals surface area (Å²) in [5.74, 6) is 0.881. The van der Waals surface area contributed by atoms with Crippen molar-refractivity contribution in [3.8, 4) is 5.75 Å². The number of benzene rings is 1. The second kappa shape index (κ2) is 7.48. The molecular weight excluding hydrogens is 242 g/mol. The monoisotopic (exact) mass is 265 g/mol. The summed E-state index contributed by atoms with van der Waals surface area (Å²) in [6.45, 7) is 4.56. The Morgan fingerprint density at radius 3 is 2.53 bits per heavy atom. The van der Waals surface area contributed by atoms with Crippen molar-refractivity contribution in [3.63, 3.8) is 0 Å². The summed E-state index contributed by atoms with van der Waals surface area (Å²) in [5, 5.41) is 3.55. The molecule has 0 aliphatic carbocycles. The molecule has 1 aliphatic rings. The summed E-state index contributed by atoms with van der Waals surface area (Å²) >= 11 is 0. The first kappa shape index (κ1) is 14.3. The van der Waals surface area contributed by atoms with Crippen LogP contribution in [-0.2, 0) is 9.47 Å². The SMILES string of the molecule is CCCNC(CC1OCCO1)c1ccc(OC)cc1. The van der Waals surface area contributed by atoms with Gasteiger partial charge in [-0.2, -0.15) is 0 Å². The van der Waals surface area contributed by atoms with Gasteiger partial charge in [0.2, 0.25) is 0 Å². The van der Waals surface area contributed by atoms with Crippen molar-refractivity contribution in [2.24, 2.45) is 0 Å². The van der Waals surface area contributed by atoms with Gasteiger partial charge in [0.05, 0.1) is 20.3 Å². The van der Waals surface area contributed by atoms with Crippen molar-refractivity contribution in [2.45, 2.75) is 32.1 Å². The minimum Gasteiger partial charge on any atom is -0.497 e. The maximum Gasteiger partial charge on any atom is 0.159 e. The molecule has 1 saturated heterocycles. The van der Waals surface area contributed by atoms with Crippen LogP contribution in [-0.4, -0.2) is 33.2 Å². The highest BCUT2D eigenvalue weighted by Crippen LogP contribution is 2.24. The lowest BCUT2D eigenvalue weighted by Crippen LogP contribution is -2.26. The molecule has 1 aromatic carbocycles. The summed E-state index contributed by atoms with van der Waals surface area (Å²) in [6.07, 6.45) is 1.86. The molecule has 0 amide bonds. The van der Waals surface area contributed by atoms with Gasteiger partial charge in [0.1, 0.15) is 5.75 Å². The predicted molar refractivity (Wildman–Crippen MR) is 74.3 cm³/mol. The van der Waals surface area contributed by atoms with Crippen molar-refractivity contribution in [3.05, 3.63) is 29.8 Å². The zero-order valence-electron chi connectivity index (χ0n) is 11.7. The van der Waals surface area contributed by atoms with Crippen LogP contribution in [0.3, 0.4) is 0 Å². The van der Waals surface area contributed by atoms with Gasteiger partial charge in [0, 0.05) is 12.5 Å². The fraction of sp³-hybridized carbons (Fsp3) is 0.600. The van der Waals surface area contributed by atoms with Gasteiger partial charge in [0.25, 0.3) is 0 Å². The molecule has 4 nitrogen and oxygen atoms in total. The Hall–Kier alpha value is -1.10. The molecule has 1 aliphatic heterocycles. The Labute approximate surface area is 115 Å². The van der Waals surface area contributed by atoms with Crippen molar-refractivity contribution >= 4 is 0 Å². The Bertz CT molecular complexity index is 360. The Balaban J connectivity index is 2.01. The molecule has 0 bridgehead atoms. The number of nitrogens with one attached hydrogen (secondary N) is 1. The molecule has 1 fully saturated rings.